The van der Waals surface area contributed by atoms with Gasteiger partial charge in [0, 0.05) is 32.1 Å². The predicted molar refractivity (Wildman–Crippen MR) is 111 cm³/mol. The van der Waals surface area contributed by atoms with E-state index in [9.17, 15) is 9.18 Å². The van der Waals surface area contributed by atoms with Gasteiger partial charge in [-0.15, -0.1) is 24.8 Å². The summed E-state index contributed by atoms with van der Waals surface area (Å²) in [5.74, 6) is 0.511. The van der Waals surface area contributed by atoms with Gasteiger partial charge in [-0.05, 0) is 36.2 Å². The Balaban J connectivity index is 0.00000182. The third-order valence-corrected chi connectivity index (χ3v) is 4.28. The van der Waals surface area contributed by atoms with E-state index in [1.54, 1.807) is 6.07 Å². The van der Waals surface area contributed by atoms with Crippen molar-refractivity contribution in [1.29, 1.82) is 0 Å². The number of nitrogens with one attached hydrogen (secondary N) is 1. The highest BCUT2D eigenvalue weighted by Crippen LogP contribution is 2.16. The van der Waals surface area contributed by atoms with Crippen molar-refractivity contribution in [3.05, 3.63) is 59.7 Å². The summed E-state index contributed by atoms with van der Waals surface area (Å²) < 4.78 is 15.2. The van der Waals surface area contributed by atoms with Crippen LogP contribution in [-0.2, 0) is 24.7 Å². The Bertz CT molecular complexity index is 914. The summed E-state index contributed by atoms with van der Waals surface area (Å²) in [4.78, 5) is 16.5. The Morgan fingerprint density at radius 2 is 1.93 bits per heavy atom. The van der Waals surface area contributed by atoms with E-state index in [1.165, 1.54) is 12.1 Å². The topological polar surface area (TPSA) is 72.9 Å². The number of carbonyl (C=O) groups excluding carboxylic acids is 1. The number of anilines is 1. The number of nitrogens with two attached hydrogens (primary N) is 1. The molecule has 0 aliphatic carbocycles. The van der Waals surface area contributed by atoms with E-state index in [0.29, 0.717) is 31.5 Å². The molecule has 27 heavy (non-hydrogen) atoms. The van der Waals surface area contributed by atoms with Crippen LogP contribution in [0.1, 0.15) is 17.8 Å². The van der Waals surface area contributed by atoms with Gasteiger partial charge in [-0.2, -0.15) is 0 Å². The molecule has 0 unspecified atom stereocenters. The van der Waals surface area contributed by atoms with Gasteiger partial charge in [0.25, 0.3) is 0 Å². The third-order valence-electron chi connectivity index (χ3n) is 4.28. The number of para-hydroxylation sites is 1. The monoisotopic (exact) mass is 412 g/mol. The van der Waals surface area contributed by atoms with Crippen LogP contribution in [0.2, 0.25) is 0 Å². The highest BCUT2D eigenvalue weighted by molar-refractivity contribution is 5.85. The number of hydrogen-bond donors (Lipinski definition) is 2. The minimum atomic E-state index is -0.282. The number of halogens is 3. The van der Waals surface area contributed by atoms with Crippen molar-refractivity contribution >= 4 is 47.4 Å². The number of nitrogens with zero attached hydrogens (tertiary/aromatic N) is 2. The van der Waals surface area contributed by atoms with E-state index < -0.39 is 0 Å². The van der Waals surface area contributed by atoms with Gasteiger partial charge in [-0.1, -0.05) is 18.2 Å². The second kappa shape index (κ2) is 10.1. The van der Waals surface area contributed by atoms with Crippen LogP contribution < -0.4 is 11.1 Å². The highest BCUT2D eigenvalue weighted by atomic mass is 35.5. The summed E-state index contributed by atoms with van der Waals surface area (Å²) in [6, 6.07) is 12.1. The lowest BCUT2D eigenvalue weighted by molar-refractivity contribution is -0.121. The summed E-state index contributed by atoms with van der Waals surface area (Å²) in [7, 11) is 1.85. The average Bonchev–Trinajstić information content (AvgIpc) is 2.90. The summed E-state index contributed by atoms with van der Waals surface area (Å²) in [6.45, 7) is 0.489. The first kappa shape index (κ1) is 22.7. The lowest BCUT2D eigenvalue weighted by Crippen LogP contribution is -2.26. The maximum Gasteiger partial charge on any atom is 0.220 e. The second-order valence-electron chi connectivity index (χ2n) is 6.02. The first-order chi connectivity index (χ1) is 12.0. The molecule has 3 rings (SSSR count). The van der Waals surface area contributed by atoms with Crippen LogP contribution in [0.4, 0.5) is 10.1 Å². The second-order valence-corrected chi connectivity index (χ2v) is 6.02. The number of benzene rings is 2. The first-order valence-corrected chi connectivity index (χ1v) is 8.25. The summed E-state index contributed by atoms with van der Waals surface area (Å²) >= 11 is 0. The van der Waals surface area contributed by atoms with Gasteiger partial charge in [0.2, 0.25) is 5.91 Å². The number of nitrogen functional groups attached to an aromatic ring is 1. The molecule has 0 radical (unpaired) electrons. The number of rotatable bonds is 6. The summed E-state index contributed by atoms with van der Waals surface area (Å²) in [5, 5.41) is 2.90. The lowest BCUT2D eigenvalue weighted by atomic mass is 10.1. The molecule has 146 valence electrons. The van der Waals surface area contributed by atoms with Crippen molar-refractivity contribution in [3.63, 3.8) is 0 Å². The van der Waals surface area contributed by atoms with Crippen LogP contribution in [0.3, 0.4) is 0 Å². The Morgan fingerprint density at radius 1 is 1.19 bits per heavy atom. The Hall–Kier alpha value is -2.31. The van der Waals surface area contributed by atoms with Crippen molar-refractivity contribution in [1.82, 2.24) is 14.9 Å². The average molecular weight is 413 g/mol. The molecule has 3 aromatic rings. The van der Waals surface area contributed by atoms with Crippen LogP contribution in [0, 0.1) is 5.82 Å². The Kier molecular flexibility index (Phi) is 8.53. The SMILES string of the molecule is Cl.Cl.Cn1c(CCNC(=O)CCc2ccccc2N)nc2ccc(F)cc21. The van der Waals surface area contributed by atoms with E-state index in [1.807, 2.05) is 35.9 Å². The van der Waals surface area contributed by atoms with E-state index in [-0.39, 0.29) is 36.5 Å². The zero-order chi connectivity index (χ0) is 17.8. The molecule has 0 fully saturated rings. The fraction of sp³-hybridized carbons (Fsp3) is 0.263. The number of aryl methyl sites for hydroxylation is 2. The van der Waals surface area contributed by atoms with Gasteiger partial charge in [0.05, 0.1) is 11.0 Å². The van der Waals surface area contributed by atoms with E-state index in [4.69, 9.17) is 5.73 Å². The summed E-state index contributed by atoms with van der Waals surface area (Å²) in [6.07, 6.45) is 1.60. The van der Waals surface area contributed by atoms with Gasteiger partial charge >= 0.3 is 0 Å². The van der Waals surface area contributed by atoms with Gasteiger partial charge in [0.15, 0.2) is 0 Å². The maximum absolute atomic E-state index is 13.3. The molecule has 8 heteroatoms. The van der Waals surface area contributed by atoms with Gasteiger partial charge < -0.3 is 15.6 Å². The molecule has 0 atom stereocenters. The molecule has 0 aliphatic heterocycles. The van der Waals surface area contributed by atoms with Gasteiger partial charge in [0.1, 0.15) is 11.6 Å². The largest absolute Gasteiger partial charge is 0.399 e. The van der Waals surface area contributed by atoms with Gasteiger partial charge in [-0.25, -0.2) is 9.37 Å². The fourth-order valence-corrected chi connectivity index (χ4v) is 2.85. The van der Waals surface area contributed by atoms with Crippen LogP contribution in [0.15, 0.2) is 42.5 Å². The minimum Gasteiger partial charge on any atom is -0.399 e. The molecular weight excluding hydrogens is 390 g/mol. The molecule has 1 amide bonds. The number of carbonyl (C=O) groups is 1. The van der Waals surface area contributed by atoms with Crippen LogP contribution in [0.5, 0.6) is 0 Å². The van der Waals surface area contributed by atoms with E-state index >= 15 is 0 Å². The quantitative estimate of drug-likeness (QED) is 0.609. The van der Waals surface area contributed by atoms with Crippen molar-refractivity contribution in [2.75, 3.05) is 12.3 Å². The standard InChI is InChI=1S/C19H21FN4O.2ClH/c1-24-17-12-14(20)7-8-16(17)23-18(24)10-11-22-19(25)9-6-13-4-2-3-5-15(13)21;;/h2-5,7-8,12H,6,9-11,21H2,1H3,(H,22,25);2*1H. The molecule has 0 saturated carbocycles. The molecule has 1 aromatic heterocycles. The van der Waals surface area contributed by atoms with Crippen molar-refractivity contribution in [3.8, 4) is 0 Å². The predicted octanol–water partition coefficient (Wildman–Crippen LogP) is 3.43. The minimum absolute atomic E-state index is 0. The maximum atomic E-state index is 13.3. The van der Waals surface area contributed by atoms with Gasteiger partial charge in [-0.3, -0.25) is 4.79 Å². The molecule has 0 spiro atoms. The normalized spacial score (nSPS) is 10.1. The Morgan fingerprint density at radius 3 is 2.67 bits per heavy atom. The molecular formula is C19H23Cl2FN4O. The van der Waals surface area contributed by atoms with Crippen molar-refractivity contribution < 1.29 is 9.18 Å². The highest BCUT2D eigenvalue weighted by Gasteiger charge is 2.09. The number of hydrogen-bond acceptors (Lipinski definition) is 3. The first-order valence-electron chi connectivity index (χ1n) is 8.25. The number of imidazole rings is 1. The zero-order valence-electron chi connectivity index (χ0n) is 14.9. The van der Waals surface area contributed by atoms with E-state index in [0.717, 1.165) is 22.4 Å². The Labute approximate surface area is 170 Å². The lowest BCUT2D eigenvalue weighted by Gasteiger charge is -2.07. The van der Waals surface area contributed by atoms with Crippen LogP contribution >= 0.6 is 24.8 Å². The van der Waals surface area contributed by atoms with Crippen molar-refractivity contribution in [2.45, 2.75) is 19.3 Å². The molecule has 0 saturated heterocycles. The van der Waals surface area contributed by atoms with Crippen LogP contribution in [0.25, 0.3) is 11.0 Å². The molecule has 5 nitrogen and oxygen atoms in total. The number of fused-ring (bicyclic) bond motifs is 1. The van der Waals surface area contributed by atoms with E-state index in [2.05, 4.69) is 10.3 Å². The third kappa shape index (κ3) is 5.58. The smallest absolute Gasteiger partial charge is 0.220 e. The molecule has 3 N–H and O–H groups in total. The molecule has 1 heterocycles. The molecule has 0 bridgehead atoms. The van der Waals surface area contributed by atoms with Crippen molar-refractivity contribution in [2.24, 2.45) is 7.05 Å². The van der Waals surface area contributed by atoms with Crippen LogP contribution in [-0.4, -0.2) is 22.0 Å². The fourth-order valence-electron chi connectivity index (χ4n) is 2.85. The summed E-state index contributed by atoms with van der Waals surface area (Å²) in [5.41, 5.74) is 9.07. The molecule has 0 aliphatic rings. The zero-order valence-corrected chi connectivity index (χ0v) is 16.6. The number of amides is 1. The molecule has 2 aromatic carbocycles. The number of aromatic nitrogens is 2.